The summed E-state index contributed by atoms with van der Waals surface area (Å²) in [6, 6.07) is 7.09. The molecule has 0 bridgehead atoms. The van der Waals surface area contributed by atoms with E-state index in [1.807, 2.05) is 0 Å². The van der Waals surface area contributed by atoms with Crippen molar-refractivity contribution >= 4 is 39.2 Å². The zero-order valence-electron chi connectivity index (χ0n) is 16.4. The van der Waals surface area contributed by atoms with E-state index >= 15 is 0 Å². The van der Waals surface area contributed by atoms with Crippen molar-refractivity contribution in [2.45, 2.75) is 6.42 Å². The van der Waals surface area contributed by atoms with Gasteiger partial charge in [-0.3, -0.25) is 19.7 Å². The fourth-order valence-corrected chi connectivity index (χ4v) is 2.97. The largest absolute Gasteiger partial charge is 0.493 e. The number of nitrogens with zero attached hydrogens (tertiary/aromatic N) is 1. The number of nitro benzene ring substituents is 1. The van der Waals surface area contributed by atoms with E-state index in [0.717, 1.165) is 0 Å². The second kappa shape index (κ2) is 10.4. The number of carbonyl (C=O) groups excluding carboxylic acids is 2. The van der Waals surface area contributed by atoms with E-state index < -0.39 is 23.4 Å². The number of nitrogens with one attached hydrogen (secondary N) is 1. The predicted octanol–water partition coefficient (Wildman–Crippen LogP) is 3.11. The molecular formula is C19H19BrN2O8. The minimum absolute atomic E-state index is 0.120. The first-order valence-corrected chi connectivity index (χ1v) is 9.26. The molecule has 1 N–H and O–H groups in total. The maximum atomic E-state index is 12.1. The van der Waals surface area contributed by atoms with E-state index in [-0.39, 0.29) is 12.1 Å². The molecule has 0 unspecified atom stereocenters. The lowest BCUT2D eigenvalue weighted by molar-refractivity contribution is -0.384. The number of halogens is 1. The number of amides is 1. The number of hydrogen-bond donors (Lipinski definition) is 1. The molecule has 2 aromatic rings. The lowest BCUT2D eigenvalue weighted by Crippen LogP contribution is -2.21. The third-order valence-corrected chi connectivity index (χ3v) is 4.53. The Morgan fingerprint density at radius 1 is 1.07 bits per heavy atom. The van der Waals surface area contributed by atoms with Crippen LogP contribution in [0.25, 0.3) is 0 Å². The van der Waals surface area contributed by atoms with Crippen molar-refractivity contribution in [1.82, 2.24) is 0 Å². The fraction of sp³-hybridized carbons (Fsp3) is 0.263. The number of nitro groups is 1. The third kappa shape index (κ3) is 5.83. The molecule has 0 aromatic heterocycles. The molecule has 0 aliphatic heterocycles. The Labute approximate surface area is 180 Å². The molecule has 160 valence electrons. The quantitative estimate of drug-likeness (QED) is 0.328. The Hall–Kier alpha value is -3.34. The number of esters is 1. The van der Waals surface area contributed by atoms with Gasteiger partial charge in [-0.25, -0.2) is 0 Å². The molecule has 0 saturated carbocycles. The van der Waals surface area contributed by atoms with E-state index in [0.29, 0.717) is 33.0 Å². The van der Waals surface area contributed by atoms with Crippen molar-refractivity contribution in [3.05, 3.63) is 50.5 Å². The summed E-state index contributed by atoms with van der Waals surface area (Å²) < 4.78 is 21.0. The van der Waals surface area contributed by atoms with Crippen molar-refractivity contribution in [3.8, 4) is 17.2 Å². The van der Waals surface area contributed by atoms with Crippen LogP contribution in [0.15, 0.2) is 34.8 Å². The average molecular weight is 483 g/mol. The zero-order valence-corrected chi connectivity index (χ0v) is 18.0. The van der Waals surface area contributed by atoms with Gasteiger partial charge in [0.15, 0.2) is 18.1 Å². The molecule has 0 fully saturated rings. The topological polar surface area (TPSA) is 126 Å². The van der Waals surface area contributed by atoms with Crippen molar-refractivity contribution < 1.29 is 33.5 Å². The monoisotopic (exact) mass is 482 g/mol. The Bertz CT molecular complexity index is 939. The van der Waals surface area contributed by atoms with Crippen molar-refractivity contribution in [2.75, 3.05) is 33.3 Å². The van der Waals surface area contributed by atoms with E-state index in [1.54, 1.807) is 12.1 Å². The third-order valence-electron chi connectivity index (χ3n) is 3.87. The SMILES string of the molecule is COc1cc(CC(=O)OCC(=O)Nc2ccc([N+](=O)[O-])cc2Br)cc(OC)c1OC. The summed E-state index contributed by atoms with van der Waals surface area (Å²) in [7, 11) is 4.39. The van der Waals surface area contributed by atoms with Crippen LogP contribution < -0.4 is 19.5 Å². The smallest absolute Gasteiger partial charge is 0.310 e. The van der Waals surface area contributed by atoms with Crippen molar-refractivity contribution in [1.29, 1.82) is 0 Å². The number of methoxy groups -OCH3 is 3. The molecule has 2 rings (SSSR count). The molecule has 0 spiro atoms. The molecule has 0 heterocycles. The van der Waals surface area contributed by atoms with Crippen LogP contribution in [0.3, 0.4) is 0 Å². The van der Waals surface area contributed by atoms with Crippen LogP contribution in [0.4, 0.5) is 11.4 Å². The van der Waals surface area contributed by atoms with Gasteiger partial charge in [0, 0.05) is 16.6 Å². The van der Waals surface area contributed by atoms with Gasteiger partial charge in [-0.1, -0.05) is 0 Å². The molecule has 0 aliphatic carbocycles. The number of anilines is 1. The lowest BCUT2D eigenvalue weighted by Gasteiger charge is -2.14. The van der Waals surface area contributed by atoms with E-state index in [4.69, 9.17) is 18.9 Å². The first-order valence-electron chi connectivity index (χ1n) is 8.47. The van der Waals surface area contributed by atoms with Crippen LogP contribution in [-0.4, -0.2) is 44.7 Å². The highest BCUT2D eigenvalue weighted by Crippen LogP contribution is 2.38. The second-order valence-corrected chi connectivity index (χ2v) is 6.69. The molecular weight excluding hydrogens is 464 g/mol. The summed E-state index contributed by atoms with van der Waals surface area (Å²) >= 11 is 3.15. The Morgan fingerprint density at radius 3 is 2.20 bits per heavy atom. The van der Waals surface area contributed by atoms with Gasteiger partial charge < -0.3 is 24.3 Å². The fourth-order valence-electron chi connectivity index (χ4n) is 2.51. The maximum Gasteiger partial charge on any atom is 0.310 e. The van der Waals surface area contributed by atoms with Gasteiger partial charge in [-0.15, -0.1) is 0 Å². The molecule has 0 atom stereocenters. The number of rotatable bonds is 9. The molecule has 2 aromatic carbocycles. The summed E-state index contributed by atoms with van der Waals surface area (Å²) in [6.07, 6.45) is -0.120. The summed E-state index contributed by atoms with van der Waals surface area (Å²) in [4.78, 5) is 34.3. The van der Waals surface area contributed by atoms with Gasteiger partial charge in [-0.2, -0.15) is 0 Å². The minimum Gasteiger partial charge on any atom is -0.493 e. The number of hydrogen-bond acceptors (Lipinski definition) is 8. The zero-order chi connectivity index (χ0) is 22.3. The van der Waals surface area contributed by atoms with Crippen molar-refractivity contribution in [3.63, 3.8) is 0 Å². The van der Waals surface area contributed by atoms with Gasteiger partial charge in [0.1, 0.15) is 0 Å². The molecule has 0 radical (unpaired) electrons. The average Bonchev–Trinajstić information content (AvgIpc) is 2.72. The highest BCUT2D eigenvalue weighted by Gasteiger charge is 2.17. The molecule has 11 heteroatoms. The van der Waals surface area contributed by atoms with Crippen LogP contribution in [0.5, 0.6) is 17.2 Å². The van der Waals surface area contributed by atoms with Crippen LogP contribution in [0.2, 0.25) is 0 Å². The van der Waals surface area contributed by atoms with Crippen LogP contribution >= 0.6 is 15.9 Å². The van der Waals surface area contributed by atoms with Crippen LogP contribution in [0, 0.1) is 10.1 Å². The van der Waals surface area contributed by atoms with Crippen LogP contribution in [-0.2, 0) is 20.7 Å². The van der Waals surface area contributed by atoms with Gasteiger partial charge in [0.05, 0.1) is 38.4 Å². The molecule has 1 amide bonds. The molecule has 0 aliphatic rings. The van der Waals surface area contributed by atoms with Gasteiger partial charge >= 0.3 is 5.97 Å². The standard InChI is InChI=1S/C19H19BrN2O8/c1-27-15-6-11(7-16(28-2)19(15)29-3)8-18(24)30-10-17(23)21-14-5-4-12(22(25)26)9-13(14)20/h4-7,9H,8,10H2,1-3H3,(H,21,23). The van der Waals surface area contributed by atoms with Gasteiger partial charge in [0.2, 0.25) is 5.75 Å². The second-order valence-electron chi connectivity index (χ2n) is 5.84. The van der Waals surface area contributed by atoms with Gasteiger partial charge in [-0.05, 0) is 39.7 Å². The highest BCUT2D eigenvalue weighted by molar-refractivity contribution is 9.10. The molecule has 30 heavy (non-hydrogen) atoms. The lowest BCUT2D eigenvalue weighted by atomic mass is 10.1. The minimum atomic E-state index is -0.637. The predicted molar refractivity (Wildman–Crippen MR) is 110 cm³/mol. The number of benzene rings is 2. The van der Waals surface area contributed by atoms with Gasteiger partial charge in [0.25, 0.3) is 11.6 Å². The van der Waals surface area contributed by atoms with E-state index in [2.05, 4.69) is 21.2 Å². The summed E-state index contributed by atoms with van der Waals surface area (Å²) in [6.45, 7) is -0.521. The highest BCUT2D eigenvalue weighted by atomic mass is 79.9. The first-order chi connectivity index (χ1) is 14.3. The number of non-ortho nitro benzene ring substituents is 1. The summed E-state index contributed by atoms with van der Waals surface area (Å²) in [5.41, 5.74) is 0.732. The maximum absolute atomic E-state index is 12.1. The Morgan fingerprint density at radius 2 is 1.70 bits per heavy atom. The summed E-state index contributed by atoms with van der Waals surface area (Å²) in [5, 5.41) is 13.3. The first kappa shape index (κ1) is 22.9. The Balaban J connectivity index is 1.96. The van der Waals surface area contributed by atoms with Crippen LogP contribution in [0.1, 0.15) is 5.56 Å². The van der Waals surface area contributed by atoms with E-state index in [1.165, 1.54) is 39.5 Å². The van der Waals surface area contributed by atoms with Crippen molar-refractivity contribution in [2.24, 2.45) is 0 Å². The number of ether oxygens (including phenoxy) is 4. The Kier molecular flexibility index (Phi) is 7.98. The molecule has 10 nitrogen and oxygen atoms in total. The normalized spacial score (nSPS) is 10.1. The van der Waals surface area contributed by atoms with E-state index in [9.17, 15) is 19.7 Å². The summed E-state index contributed by atoms with van der Waals surface area (Å²) in [5.74, 6) is -0.0593. The molecule has 0 saturated heterocycles. The number of carbonyl (C=O) groups is 2.